The highest BCUT2D eigenvalue weighted by atomic mass is 79.9. The Bertz CT molecular complexity index is 983. The summed E-state index contributed by atoms with van der Waals surface area (Å²) in [5.41, 5.74) is 1.39. The fourth-order valence-electron chi connectivity index (χ4n) is 2.95. The predicted octanol–water partition coefficient (Wildman–Crippen LogP) is 4.21. The molecule has 0 radical (unpaired) electrons. The van der Waals surface area contributed by atoms with Gasteiger partial charge in [-0.3, -0.25) is 24.6 Å². The summed E-state index contributed by atoms with van der Waals surface area (Å²) in [5.74, 6) is -0.715. The van der Waals surface area contributed by atoms with Gasteiger partial charge < -0.3 is 5.32 Å². The molecule has 1 heterocycles. The quantitative estimate of drug-likeness (QED) is 0.410. The summed E-state index contributed by atoms with van der Waals surface area (Å²) in [4.78, 5) is 37.6. The molecular formula is C20H18BrN3O4. The molecule has 1 N–H and O–H groups in total. The number of nitro groups is 1. The first-order chi connectivity index (χ1) is 13.3. The lowest BCUT2D eigenvalue weighted by Crippen LogP contribution is -2.35. The second kappa shape index (κ2) is 7.93. The second-order valence-corrected chi connectivity index (χ2v) is 7.72. The summed E-state index contributed by atoms with van der Waals surface area (Å²) in [7, 11) is 0. The molecule has 0 fully saturated rings. The van der Waals surface area contributed by atoms with Crippen LogP contribution in [0.15, 0.2) is 58.7 Å². The highest BCUT2D eigenvalue weighted by molar-refractivity contribution is 9.10. The average Bonchev–Trinajstić information content (AvgIpc) is 2.86. The van der Waals surface area contributed by atoms with Crippen LogP contribution >= 0.6 is 15.9 Å². The molecule has 2 aromatic carbocycles. The molecule has 7 nitrogen and oxygen atoms in total. The van der Waals surface area contributed by atoms with Gasteiger partial charge in [0.1, 0.15) is 5.70 Å². The van der Waals surface area contributed by atoms with E-state index in [0.717, 1.165) is 4.47 Å². The van der Waals surface area contributed by atoms with Gasteiger partial charge in [-0.05, 0) is 41.8 Å². The average molecular weight is 444 g/mol. The SMILES string of the molecule is CC(C)CN1C(=O)C(Nc2cccc(Br)c2)=C(c2ccc([N+](=O)[O-])cc2)C1=O. The van der Waals surface area contributed by atoms with Crippen LogP contribution in [0.3, 0.4) is 0 Å². The number of nitrogens with zero attached hydrogens (tertiary/aromatic N) is 2. The molecule has 144 valence electrons. The van der Waals surface area contributed by atoms with Gasteiger partial charge in [0.25, 0.3) is 17.5 Å². The number of amides is 2. The number of carbonyl (C=O) groups excluding carboxylic acids is 2. The molecule has 3 rings (SSSR count). The number of hydrogen-bond donors (Lipinski definition) is 1. The van der Waals surface area contributed by atoms with Crippen LogP contribution in [-0.4, -0.2) is 28.2 Å². The van der Waals surface area contributed by atoms with Crippen LogP contribution in [0.25, 0.3) is 5.57 Å². The molecule has 2 amide bonds. The minimum Gasteiger partial charge on any atom is -0.350 e. The lowest BCUT2D eigenvalue weighted by Gasteiger charge is -2.17. The molecule has 0 bridgehead atoms. The Morgan fingerprint density at radius 1 is 1.11 bits per heavy atom. The van der Waals surface area contributed by atoms with Crippen molar-refractivity contribution >= 4 is 44.7 Å². The molecule has 1 aliphatic heterocycles. The van der Waals surface area contributed by atoms with Gasteiger partial charge in [-0.2, -0.15) is 0 Å². The zero-order chi connectivity index (χ0) is 20.4. The van der Waals surface area contributed by atoms with E-state index in [1.165, 1.54) is 29.2 Å². The molecule has 0 saturated carbocycles. The number of nitro benzene ring substituents is 1. The summed E-state index contributed by atoms with van der Waals surface area (Å²) < 4.78 is 0.825. The number of nitrogens with one attached hydrogen (secondary N) is 1. The van der Waals surface area contributed by atoms with Gasteiger partial charge in [-0.25, -0.2) is 0 Å². The summed E-state index contributed by atoms with van der Waals surface area (Å²) in [6, 6.07) is 12.9. The monoisotopic (exact) mass is 443 g/mol. The molecule has 0 aliphatic carbocycles. The van der Waals surface area contributed by atoms with E-state index in [9.17, 15) is 19.7 Å². The van der Waals surface area contributed by atoms with Crippen LogP contribution in [0.4, 0.5) is 11.4 Å². The summed E-state index contributed by atoms with van der Waals surface area (Å²) in [5, 5.41) is 14.0. The first-order valence-electron chi connectivity index (χ1n) is 8.66. The van der Waals surface area contributed by atoms with Crippen LogP contribution in [0.1, 0.15) is 19.4 Å². The Morgan fingerprint density at radius 3 is 2.36 bits per heavy atom. The summed E-state index contributed by atoms with van der Waals surface area (Å²) in [6.45, 7) is 4.13. The second-order valence-electron chi connectivity index (χ2n) is 6.80. The number of non-ortho nitro benzene ring substituents is 1. The maximum Gasteiger partial charge on any atom is 0.278 e. The van der Waals surface area contributed by atoms with Crippen molar-refractivity contribution in [2.24, 2.45) is 5.92 Å². The van der Waals surface area contributed by atoms with Gasteiger partial charge in [-0.1, -0.05) is 35.8 Å². The van der Waals surface area contributed by atoms with Crippen LogP contribution in [-0.2, 0) is 9.59 Å². The molecule has 0 aromatic heterocycles. The van der Waals surface area contributed by atoms with E-state index < -0.39 is 16.7 Å². The van der Waals surface area contributed by atoms with Crippen molar-refractivity contribution in [3.63, 3.8) is 0 Å². The van der Waals surface area contributed by atoms with E-state index in [1.807, 2.05) is 26.0 Å². The van der Waals surface area contributed by atoms with E-state index in [0.29, 0.717) is 11.3 Å². The third-order valence-corrected chi connectivity index (χ3v) is 4.67. The third kappa shape index (κ3) is 3.96. The van der Waals surface area contributed by atoms with Crippen molar-refractivity contribution in [3.8, 4) is 0 Å². The number of halogens is 1. The first-order valence-corrected chi connectivity index (χ1v) is 9.45. The van der Waals surface area contributed by atoms with E-state index in [-0.39, 0.29) is 29.4 Å². The Morgan fingerprint density at radius 2 is 1.79 bits per heavy atom. The minimum absolute atomic E-state index is 0.0818. The van der Waals surface area contributed by atoms with Gasteiger partial charge >= 0.3 is 0 Å². The minimum atomic E-state index is -0.508. The molecule has 2 aromatic rings. The molecule has 0 saturated heterocycles. The Balaban J connectivity index is 2.06. The van der Waals surface area contributed by atoms with E-state index >= 15 is 0 Å². The van der Waals surface area contributed by atoms with Crippen LogP contribution in [0, 0.1) is 16.0 Å². The van der Waals surface area contributed by atoms with Crippen LogP contribution in [0.5, 0.6) is 0 Å². The van der Waals surface area contributed by atoms with Gasteiger partial charge in [0, 0.05) is 28.8 Å². The number of imide groups is 1. The standard InChI is InChI=1S/C20H18BrN3O4/c1-12(2)11-23-19(25)17(13-6-8-16(9-7-13)24(27)28)18(20(23)26)22-15-5-3-4-14(21)10-15/h3-10,12,22H,11H2,1-2H3. The zero-order valence-corrected chi connectivity index (χ0v) is 16.9. The maximum absolute atomic E-state index is 13.0. The molecule has 0 unspecified atom stereocenters. The zero-order valence-electron chi connectivity index (χ0n) is 15.3. The van der Waals surface area contributed by atoms with Crippen molar-refractivity contribution in [3.05, 3.63) is 74.4 Å². The third-order valence-electron chi connectivity index (χ3n) is 4.18. The van der Waals surface area contributed by atoms with Crippen molar-refractivity contribution in [2.75, 3.05) is 11.9 Å². The van der Waals surface area contributed by atoms with Gasteiger partial charge in [-0.15, -0.1) is 0 Å². The Kier molecular flexibility index (Phi) is 5.60. The summed E-state index contributed by atoms with van der Waals surface area (Å²) >= 11 is 3.38. The number of benzene rings is 2. The van der Waals surface area contributed by atoms with Crippen molar-refractivity contribution in [1.82, 2.24) is 4.90 Å². The fraction of sp³-hybridized carbons (Fsp3) is 0.200. The number of hydrogen-bond acceptors (Lipinski definition) is 5. The van der Waals surface area contributed by atoms with Crippen LogP contribution in [0.2, 0.25) is 0 Å². The summed E-state index contributed by atoms with van der Waals surface area (Å²) in [6.07, 6.45) is 0. The number of rotatable bonds is 6. The lowest BCUT2D eigenvalue weighted by atomic mass is 10.0. The number of anilines is 1. The largest absolute Gasteiger partial charge is 0.350 e. The van der Waals surface area contributed by atoms with Gasteiger partial charge in [0.15, 0.2) is 0 Å². The van der Waals surface area contributed by atoms with Gasteiger partial charge in [0.2, 0.25) is 0 Å². The first kappa shape index (κ1) is 19.8. The molecular weight excluding hydrogens is 426 g/mol. The highest BCUT2D eigenvalue weighted by Gasteiger charge is 2.39. The predicted molar refractivity (Wildman–Crippen MR) is 109 cm³/mol. The van der Waals surface area contributed by atoms with E-state index in [2.05, 4.69) is 21.2 Å². The Hall–Kier alpha value is -3.00. The van der Waals surface area contributed by atoms with E-state index in [1.54, 1.807) is 12.1 Å². The van der Waals surface area contributed by atoms with Crippen molar-refractivity contribution in [2.45, 2.75) is 13.8 Å². The smallest absolute Gasteiger partial charge is 0.278 e. The molecule has 0 atom stereocenters. The number of carbonyl (C=O) groups is 2. The normalized spacial score (nSPS) is 14.2. The van der Waals surface area contributed by atoms with Crippen molar-refractivity contribution in [1.29, 1.82) is 0 Å². The maximum atomic E-state index is 13.0. The molecule has 1 aliphatic rings. The Labute approximate surface area is 170 Å². The topological polar surface area (TPSA) is 92.6 Å². The van der Waals surface area contributed by atoms with Crippen LogP contribution < -0.4 is 5.32 Å². The molecule has 0 spiro atoms. The lowest BCUT2D eigenvalue weighted by molar-refractivity contribution is -0.384. The molecule has 28 heavy (non-hydrogen) atoms. The van der Waals surface area contributed by atoms with E-state index in [4.69, 9.17) is 0 Å². The highest BCUT2D eigenvalue weighted by Crippen LogP contribution is 2.32. The fourth-order valence-corrected chi connectivity index (χ4v) is 3.35. The van der Waals surface area contributed by atoms with Gasteiger partial charge in [0.05, 0.1) is 10.5 Å². The molecule has 8 heteroatoms. The van der Waals surface area contributed by atoms with Crippen molar-refractivity contribution < 1.29 is 14.5 Å².